The molecule has 0 spiro atoms. The van der Waals surface area contributed by atoms with Gasteiger partial charge >= 0.3 is 0 Å². The summed E-state index contributed by atoms with van der Waals surface area (Å²) in [5.41, 5.74) is 0.568. The van der Waals surface area contributed by atoms with Crippen molar-refractivity contribution in [1.29, 1.82) is 0 Å². The van der Waals surface area contributed by atoms with E-state index in [1.54, 1.807) is 18.0 Å². The fraction of sp³-hybridized carbons (Fsp3) is 0.375. The van der Waals surface area contributed by atoms with E-state index in [4.69, 9.17) is 0 Å². The monoisotopic (exact) mass is 243 g/mol. The van der Waals surface area contributed by atoms with Crippen LogP contribution in [0.4, 0.5) is 0 Å². The second-order valence-electron chi connectivity index (χ2n) is 2.55. The molecule has 5 heteroatoms. The number of amides is 1. The van der Waals surface area contributed by atoms with Crippen molar-refractivity contribution in [2.75, 3.05) is 18.9 Å². The Bertz CT molecular complexity index is 278. The van der Waals surface area contributed by atoms with Gasteiger partial charge in [-0.25, -0.2) is 0 Å². The highest BCUT2D eigenvalue weighted by Crippen LogP contribution is 2.00. The molecular formula is C8H10BrN3O. The Labute approximate surface area is 85.1 Å². The van der Waals surface area contributed by atoms with Gasteiger partial charge in [0, 0.05) is 18.9 Å². The minimum atomic E-state index is -0.0330. The number of hydrogen-bond donors (Lipinski definition) is 0. The van der Waals surface area contributed by atoms with Crippen molar-refractivity contribution < 1.29 is 4.79 Å². The Morgan fingerprint density at radius 1 is 1.62 bits per heavy atom. The highest BCUT2D eigenvalue weighted by molar-refractivity contribution is 9.09. The van der Waals surface area contributed by atoms with Crippen LogP contribution in [0.15, 0.2) is 18.5 Å². The van der Waals surface area contributed by atoms with Gasteiger partial charge in [-0.15, -0.1) is 0 Å². The van der Waals surface area contributed by atoms with Gasteiger partial charge in [0.05, 0.1) is 18.0 Å². The van der Waals surface area contributed by atoms with Crippen molar-refractivity contribution >= 4 is 21.8 Å². The van der Waals surface area contributed by atoms with Crippen molar-refractivity contribution in [2.24, 2.45) is 0 Å². The van der Waals surface area contributed by atoms with Crippen molar-refractivity contribution in [1.82, 2.24) is 15.1 Å². The fourth-order valence-electron chi connectivity index (χ4n) is 0.866. The number of nitrogens with zero attached hydrogens (tertiary/aromatic N) is 3. The first-order valence-electron chi connectivity index (χ1n) is 3.84. The maximum absolute atomic E-state index is 11.6. The Kier molecular flexibility index (Phi) is 3.82. The number of hydrogen-bond acceptors (Lipinski definition) is 3. The largest absolute Gasteiger partial charge is 0.341 e. The molecular weight excluding hydrogens is 234 g/mol. The van der Waals surface area contributed by atoms with Gasteiger partial charge in [-0.2, -0.15) is 10.2 Å². The Morgan fingerprint density at radius 3 is 2.92 bits per heavy atom. The zero-order valence-electron chi connectivity index (χ0n) is 7.27. The molecule has 0 fully saturated rings. The molecule has 1 rings (SSSR count). The van der Waals surface area contributed by atoms with E-state index in [-0.39, 0.29) is 5.91 Å². The first kappa shape index (κ1) is 10.1. The zero-order chi connectivity index (χ0) is 9.68. The third kappa shape index (κ3) is 2.77. The smallest absolute Gasteiger partial charge is 0.255 e. The van der Waals surface area contributed by atoms with Crippen LogP contribution in [0.25, 0.3) is 0 Å². The molecule has 1 amide bonds. The summed E-state index contributed by atoms with van der Waals surface area (Å²) in [4.78, 5) is 13.2. The molecule has 0 aliphatic rings. The Balaban J connectivity index is 2.68. The lowest BCUT2D eigenvalue weighted by atomic mass is 10.3. The van der Waals surface area contributed by atoms with Crippen molar-refractivity contribution in [2.45, 2.75) is 0 Å². The normalized spacial score (nSPS) is 9.69. The third-order valence-corrected chi connectivity index (χ3v) is 1.95. The first-order valence-corrected chi connectivity index (χ1v) is 4.96. The predicted octanol–water partition coefficient (Wildman–Crippen LogP) is 0.943. The van der Waals surface area contributed by atoms with Crippen LogP contribution in [-0.4, -0.2) is 39.9 Å². The van der Waals surface area contributed by atoms with Crippen LogP contribution >= 0.6 is 15.9 Å². The van der Waals surface area contributed by atoms with Crippen molar-refractivity contribution in [3.63, 3.8) is 0 Å². The summed E-state index contributed by atoms with van der Waals surface area (Å²) in [7, 11) is 1.75. The summed E-state index contributed by atoms with van der Waals surface area (Å²) in [5.74, 6) is -0.0330. The van der Waals surface area contributed by atoms with Crippen molar-refractivity contribution in [3.8, 4) is 0 Å². The van der Waals surface area contributed by atoms with E-state index in [1.165, 1.54) is 12.4 Å². The fourth-order valence-corrected chi connectivity index (χ4v) is 1.40. The SMILES string of the molecule is CN(CCBr)C(=O)c1ccnnc1. The Hall–Kier alpha value is -0.970. The van der Waals surface area contributed by atoms with Gasteiger partial charge in [0.2, 0.25) is 0 Å². The molecule has 0 saturated heterocycles. The average molecular weight is 244 g/mol. The highest BCUT2D eigenvalue weighted by Gasteiger charge is 2.10. The lowest BCUT2D eigenvalue weighted by Gasteiger charge is -2.14. The van der Waals surface area contributed by atoms with E-state index in [1.807, 2.05) is 0 Å². The summed E-state index contributed by atoms with van der Waals surface area (Å²) in [6.07, 6.45) is 2.97. The number of rotatable bonds is 3. The molecule has 0 unspecified atom stereocenters. The molecule has 0 atom stereocenters. The average Bonchev–Trinajstić information content (AvgIpc) is 2.18. The maximum atomic E-state index is 11.6. The molecule has 0 aliphatic heterocycles. The lowest BCUT2D eigenvalue weighted by Crippen LogP contribution is -2.28. The molecule has 0 radical (unpaired) electrons. The molecule has 0 saturated carbocycles. The van der Waals surface area contributed by atoms with Crippen LogP contribution in [0, 0.1) is 0 Å². The maximum Gasteiger partial charge on any atom is 0.255 e. The van der Waals surface area contributed by atoms with E-state index in [2.05, 4.69) is 26.1 Å². The molecule has 0 aliphatic carbocycles. The van der Waals surface area contributed by atoms with Crippen LogP contribution in [0.5, 0.6) is 0 Å². The van der Waals surface area contributed by atoms with Gasteiger partial charge < -0.3 is 4.90 Å². The second-order valence-corrected chi connectivity index (χ2v) is 3.34. The van der Waals surface area contributed by atoms with Gasteiger partial charge in [-0.3, -0.25) is 4.79 Å². The minimum Gasteiger partial charge on any atom is -0.341 e. The highest BCUT2D eigenvalue weighted by atomic mass is 79.9. The molecule has 1 aromatic heterocycles. The minimum absolute atomic E-state index is 0.0330. The van der Waals surface area contributed by atoms with Crippen molar-refractivity contribution in [3.05, 3.63) is 24.0 Å². The predicted molar refractivity (Wildman–Crippen MR) is 52.8 cm³/mol. The molecule has 4 nitrogen and oxygen atoms in total. The number of alkyl halides is 1. The second kappa shape index (κ2) is 4.91. The number of carbonyl (C=O) groups is 1. The summed E-state index contributed by atoms with van der Waals surface area (Å²) >= 11 is 3.27. The Morgan fingerprint density at radius 2 is 2.38 bits per heavy atom. The molecule has 0 bridgehead atoms. The van der Waals surface area contributed by atoms with Gasteiger partial charge in [-0.05, 0) is 6.07 Å². The van der Waals surface area contributed by atoms with Crippen LogP contribution in [-0.2, 0) is 0 Å². The molecule has 70 valence electrons. The zero-order valence-corrected chi connectivity index (χ0v) is 8.86. The molecule has 0 aromatic carbocycles. The van der Waals surface area contributed by atoms with E-state index in [0.29, 0.717) is 12.1 Å². The molecule has 1 heterocycles. The summed E-state index contributed by atoms with van der Waals surface area (Å²) in [6, 6.07) is 1.65. The molecule has 1 aromatic rings. The molecule has 13 heavy (non-hydrogen) atoms. The number of aromatic nitrogens is 2. The first-order chi connectivity index (χ1) is 6.25. The summed E-state index contributed by atoms with van der Waals surface area (Å²) in [5, 5.41) is 8.01. The van der Waals surface area contributed by atoms with E-state index < -0.39 is 0 Å². The van der Waals surface area contributed by atoms with E-state index >= 15 is 0 Å². The third-order valence-electron chi connectivity index (χ3n) is 1.60. The standard InChI is InChI=1S/C8H10BrN3O/c1-12(5-3-9)8(13)7-2-4-10-11-6-7/h2,4,6H,3,5H2,1H3. The van der Waals surface area contributed by atoms with E-state index in [0.717, 1.165) is 5.33 Å². The van der Waals surface area contributed by atoms with Crippen LogP contribution in [0.2, 0.25) is 0 Å². The number of halogens is 1. The summed E-state index contributed by atoms with van der Waals surface area (Å²) in [6.45, 7) is 0.682. The lowest BCUT2D eigenvalue weighted by molar-refractivity contribution is 0.0803. The number of carbonyl (C=O) groups excluding carboxylic acids is 1. The van der Waals surface area contributed by atoms with Gasteiger partial charge in [-0.1, -0.05) is 15.9 Å². The van der Waals surface area contributed by atoms with Gasteiger partial charge in [0.15, 0.2) is 0 Å². The quantitative estimate of drug-likeness (QED) is 0.743. The van der Waals surface area contributed by atoms with E-state index in [9.17, 15) is 4.79 Å². The van der Waals surface area contributed by atoms with Crippen LogP contribution < -0.4 is 0 Å². The van der Waals surface area contributed by atoms with Crippen LogP contribution in [0.3, 0.4) is 0 Å². The van der Waals surface area contributed by atoms with Gasteiger partial charge in [0.25, 0.3) is 5.91 Å². The van der Waals surface area contributed by atoms with Crippen LogP contribution in [0.1, 0.15) is 10.4 Å². The molecule has 0 N–H and O–H groups in total. The van der Waals surface area contributed by atoms with Gasteiger partial charge in [0.1, 0.15) is 0 Å². The summed E-state index contributed by atoms with van der Waals surface area (Å²) < 4.78 is 0. The topological polar surface area (TPSA) is 46.1 Å².